The van der Waals surface area contributed by atoms with Crippen LogP contribution < -0.4 is 15.2 Å². The van der Waals surface area contributed by atoms with Crippen LogP contribution in [0.25, 0.3) is 0 Å². The molecule has 0 saturated carbocycles. The van der Waals surface area contributed by atoms with Gasteiger partial charge in [-0.3, -0.25) is 9.59 Å². The van der Waals surface area contributed by atoms with E-state index < -0.39 is 26.0 Å². The van der Waals surface area contributed by atoms with Crippen molar-refractivity contribution in [3.8, 4) is 0 Å². The first-order chi connectivity index (χ1) is 38.4. The van der Waals surface area contributed by atoms with Gasteiger partial charge < -0.3 is 48.9 Å². The summed E-state index contributed by atoms with van der Waals surface area (Å²) in [5.74, 6) is -0.910. The van der Waals surface area contributed by atoms with Gasteiger partial charge in [0.15, 0.2) is 0 Å². The first kappa shape index (κ1) is 63.3. The SMILES string of the molecule is CN1Cc2c(Cl)cc(Cl)cc2C(c2ccc(S(=O)(=O)NCCOCCOCCOCCN(CCOCCOCCOCCNS(=O)(=O)c3ccc(C4CN(C)Cc5c(Cl)cc(Cl)cc54)cc3)C(=O)c3ccc(C(N)=O)cc3)cc2)C1. The number of halogens is 4. The Morgan fingerprint density at radius 3 is 1.25 bits per heavy atom. The molecule has 5 aromatic rings. The minimum Gasteiger partial charge on any atom is -0.378 e. The molecule has 434 valence electrons. The van der Waals surface area contributed by atoms with Crippen molar-refractivity contribution in [3.63, 3.8) is 0 Å². The lowest BCUT2D eigenvalue weighted by Crippen LogP contribution is -2.37. The number of primary amides is 1. The van der Waals surface area contributed by atoms with Crippen molar-refractivity contribution in [1.82, 2.24) is 24.1 Å². The number of carbonyl (C=O) groups excluding carboxylic acids is 2. The summed E-state index contributed by atoms with van der Waals surface area (Å²) in [7, 11) is -3.51. The fraction of sp³-hybridized carbons (Fsp3) is 0.429. The summed E-state index contributed by atoms with van der Waals surface area (Å²) >= 11 is 25.7. The molecule has 2 unspecified atom stereocenters. The van der Waals surface area contributed by atoms with Gasteiger partial charge in [0.05, 0.1) is 89.1 Å². The predicted octanol–water partition coefficient (Wildman–Crippen LogP) is 7.05. The van der Waals surface area contributed by atoms with E-state index in [1.807, 2.05) is 50.5 Å². The molecule has 0 spiro atoms. The molecule has 0 bridgehead atoms. The first-order valence-corrected chi connectivity index (χ1v) is 30.6. The van der Waals surface area contributed by atoms with Gasteiger partial charge in [-0.1, -0.05) is 70.7 Å². The minimum absolute atomic E-state index is 0.0121. The quantitative estimate of drug-likeness (QED) is 0.0368. The van der Waals surface area contributed by atoms with E-state index >= 15 is 0 Å². The van der Waals surface area contributed by atoms with Crippen LogP contribution in [0.5, 0.6) is 0 Å². The first-order valence-electron chi connectivity index (χ1n) is 26.1. The molecule has 0 saturated heterocycles. The fourth-order valence-electron chi connectivity index (χ4n) is 9.39. The maximum Gasteiger partial charge on any atom is 0.254 e. The van der Waals surface area contributed by atoms with Crippen LogP contribution in [0.1, 0.15) is 65.9 Å². The van der Waals surface area contributed by atoms with Crippen molar-refractivity contribution < 1.29 is 54.8 Å². The Morgan fingerprint density at radius 1 is 0.525 bits per heavy atom. The molecule has 2 aliphatic heterocycles. The number of rotatable bonds is 32. The molecule has 0 aromatic heterocycles. The Hall–Kier alpha value is -4.30. The molecule has 2 atom stereocenters. The lowest BCUT2D eigenvalue weighted by Gasteiger charge is -2.33. The van der Waals surface area contributed by atoms with Gasteiger partial charge in [-0.05, 0) is 120 Å². The molecule has 7 rings (SSSR count). The molecule has 0 fully saturated rings. The maximum atomic E-state index is 13.5. The number of fused-ring (bicyclic) bond motifs is 2. The Balaban J connectivity index is 0.726. The van der Waals surface area contributed by atoms with E-state index in [0.29, 0.717) is 38.7 Å². The molecule has 18 nitrogen and oxygen atoms in total. The van der Waals surface area contributed by atoms with Gasteiger partial charge in [0.25, 0.3) is 5.91 Å². The maximum absolute atomic E-state index is 13.5. The van der Waals surface area contributed by atoms with Gasteiger partial charge >= 0.3 is 0 Å². The van der Waals surface area contributed by atoms with Gasteiger partial charge in [0.1, 0.15) is 0 Å². The Bertz CT molecular complexity index is 2900. The molecule has 0 aliphatic carbocycles. The van der Waals surface area contributed by atoms with Crippen LogP contribution in [0.3, 0.4) is 0 Å². The molecule has 2 amide bonds. The Kier molecular flexibility index (Phi) is 24.4. The summed E-state index contributed by atoms with van der Waals surface area (Å²) in [4.78, 5) is 31.3. The molecular formula is C56H68Cl4N6O12S2. The van der Waals surface area contributed by atoms with E-state index in [0.717, 1.165) is 46.5 Å². The fourth-order valence-corrected chi connectivity index (χ4v) is 12.6. The van der Waals surface area contributed by atoms with E-state index in [-0.39, 0.29) is 139 Å². The highest BCUT2D eigenvalue weighted by Gasteiger charge is 2.29. The minimum atomic E-state index is -3.77. The monoisotopic (exact) mass is 1220 g/mol. The number of sulfonamides is 2. The van der Waals surface area contributed by atoms with Crippen molar-refractivity contribution in [1.29, 1.82) is 0 Å². The number of hydrogen-bond acceptors (Lipinski definition) is 14. The van der Waals surface area contributed by atoms with Gasteiger partial charge in [0.2, 0.25) is 26.0 Å². The summed E-state index contributed by atoms with van der Waals surface area (Å²) in [5.41, 5.74) is 12.1. The zero-order chi connectivity index (χ0) is 57.2. The zero-order valence-electron chi connectivity index (χ0n) is 44.7. The van der Waals surface area contributed by atoms with Crippen molar-refractivity contribution in [3.05, 3.63) is 162 Å². The number of benzene rings is 5. The average Bonchev–Trinajstić information content (AvgIpc) is 3.53. The number of hydrogen-bond donors (Lipinski definition) is 3. The van der Waals surface area contributed by atoms with Crippen molar-refractivity contribution >= 4 is 78.3 Å². The molecule has 2 heterocycles. The van der Waals surface area contributed by atoms with Crippen molar-refractivity contribution in [2.45, 2.75) is 34.7 Å². The third-order valence-electron chi connectivity index (χ3n) is 13.5. The second-order valence-corrected chi connectivity index (χ2v) is 24.5. The Morgan fingerprint density at radius 2 is 0.875 bits per heavy atom. The van der Waals surface area contributed by atoms with Crippen LogP contribution in [0.4, 0.5) is 0 Å². The number of nitrogens with one attached hydrogen (secondary N) is 2. The average molecular weight is 1220 g/mol. The molecule has 24 heteroatoms. The number of carbonyl (C=O) groups is 2. The Labute approximate surface area is 489 Å². The van der Waals surface area contributed by atoms with Crippen LogP contribution >= 0.6 is 46.4 Å². The van der Waals surface area contributed by atoms with Crippen molar-refractivity contribution in [2.24, 2.45) is 5.73 Å². The second-order valence-electron chi connectivity index (χ2n) is 19.3. The largest absolute Gasteiger partial charge is 0.378 e. The summed E-state index contributed by atoms with van der Waals surface area (Å²) in [6, 6.07) is 27.1. The smallest absolute Gasteiger partial charge is 0.254 e. The van der Waals surface area contributed by atoms with Gasteiger partial charge in [-0.25, -0.2) is 26.3 Å². The highest BCUT2D eigenvalue weighted by Crippen LogP contribution is 2.40. The normalized spacial score (nSPS) is 15.9. The van der Waals surface area contributed by atoms with Crippen LogP contribution in [0.2, 0.25) is 20.1 Å². The number of nitrogens with two attached hydrogens (primary N) is 1. The lowest BCUT2D eigenvalue weighted by molar-refractivity contribution is 0.00389. The number of likely N-dealkylation sites (N-methyl/N-ethyl adjacent to an activating group) is 2. The standard InChI is InChI=1S/C56H68Cl4N6O12S2/c1-64-35-49(47-31-43(57)33-53(59)51(47)37-64)39-7-11-45(12-8-39)79(69,70)62-15-19-73-23-27-77-29-25-75-21-17-66(56(68)42-5-3-41(4-6-42)55(61)67)18-22-76-26-30-78-28-24-74-20-16-63-80(71,72)46-13-9-40(10-14-46)50-36-65(2)38-52-48(50)32-44(58)34-54(52)60/h3-14,31-34,49-50,62-63H,15-30,35-38H2,1-2H3,(H2,61,67). The number of ether oxygens (including phenoxy) is 6. The van der Waals surface area contributed by atoms with Crippen LogP contribution in [-0.4, -0.2) is 176 Å². The van der Waals surface area contributed by atoms with E-state index in [1.54, 1.807) is 53.4 Å². The second kappa shape index (κ2) is 30.8. The molecule has 80 heavy (non-hydrogen) atoms. The van der Waals surface area contributed by atoms with Gasteiger partial charge in [-0.2, -0.15) is 0 Å². The summed E-state index contributed by atoms with van der Waals surface area (Å²) in [5, 5.41) is 2.35. The summed E-state index contributed by atoms with van der Waals surface area (Å²) in [6.45, 7) is 6.28. The molecule has 5 aromatic carbocycles. The molecular weight excluding hydrogens is 1150 g/mol. The topological polar surface area (TPSA) is 218 Å². The van der Waals surface area contributed by atoms with E-state index in [9.17, 15) is 26.4 Å². The van der Waals surface area contributed by atoms with Crippen LogP contribution in [-0.2, 0) is 61.6 Å². The lowest BCUT2D eigenvalue weighted by atomic mass is 9.85. The highest BCUT2D eigenvalue weighted by molar-refractivity contribution is 7.89. The summed E-state index contributed by atoms with van der Waals surface area (Å²) < 4.78 is 91.2. The zero-order valence-corrected chi connectivity index (χ0v) is 49.3. The molecule has 2 aliphatic rings. The van der Waals surface area contributed by atoms with E-state index in [4.69, 9.17) is 80.6 Å². The molecule has 4 N–H and O–H groups in total. The van der Waals surface area contributed by atoms with Crippen LogP contribution in [0, 0.1) is 0 Å². The molecule has 0 radical (unpaired) electrons. The summed E-state index contributed by atoms with van der Waals surface area (Å²) in [6.07, 6.45) is 0. The van der Waals surface area contributed by atoms with Crippen molar-refractivity contribution in [2.75, 3.05) is 133 Å². The predicted molar refractivity (Wildman–Crippen MR) is 308 cm³/mol. The van der Waals surface area contributed by atoms with Crippen LogP contribution in [0.15, 0.2) is 107 Å². The number of amides is 2. The van der Waals surface area contributed by atoms with Gasteiger partial charge in [0, 0.05) is 95.4 Å². The highest BCUT2D eigenvalue weighted by atomic mass is 35.5. The third kappa shape index (κ3) is 18.3. The van der Waals surface area contributed by atoms with Gasteiger partial charge in [-0.15, -0.1) is 0 Å². The third-order valence-corrected chi connectivity index (χ3v) is 17.5. The van der Waals surface area contributed by atoms with E-state index in [2.05, 4.69) is 19.2 Å². The van der Waals surface area contributed by atoms with E-state index in [1.165, 1.54) is 12.1 Å². The number of nitrogens with zero attached hydrogens (tertiary/aromatic N) is 3.